The molecule has 0 bridgehead atoms. The third kappa shape index (κ3) is 5.10. The molecule has 0 aliphatic rings. The van der Waals surface area contributed by atoms with Gasteiger partial charge in [0.1, 0.15) is 18.1 Å². The fourth-order valence-corrected chi connectivity index (χ4v) is 3.41. The molecule has 0 radical (unpaired) electrons. The molecule has 0 saturated heterocycles. The van der Waals surface area contributed by atoms with E-state index in [1.165, 1.54) is 0 Å². The third-order valence-corrected chi connectivity index (χ3v) is 5.23. The molecule has 0 atom stereocenters. The average Bonchev–Trinajstić information content (AvgIpc) is 3.37. The van der Waals surface area contributed by atoms with Crippen molar-refractivity contribution in [1.29, 1.82) is 0 Å². The van der Waals surface area contributed by atoms with Crippen molar-refractivity contribution in [3.63, 3.8) is 0 Å². The SMILES string of the molecule is COc1ccc(C(=O)NCc2ccc(-n3cccn3)cc2)cc1COc1ccccc1Cl. The van der Waals surface area contributed by atoms with Crippen molar-refractivity contribution >= 4 is 17.5 Å². The van der Waals surface area contributed by atoms with E-state index < -0.39 is 0 Å². The highest BCUT2D eigenvalue weighted by Crippen LogP contribution is 2.27. The van der Waals surface area contributed by atoms with Crippen molar-refractivity contribution in [3.8, 4) is 17.2 Å². The number of rotatable bonds is 8. The van der Waals surface area contributed by atoms with Crippen LogP contribution in [0.4, 0.5) is 0 Å². The quantitative estimate of drug-likeness (QED) is 0.411. The lowest BCUT2D eigenvalue weighted by atomic mass is 10.1. The van der Waals surface area contributed by atoms with Gasteiger partial charge < -0.3 is 14.8 Å². The fraction of sp³-hybridized carbons (Fsp3) is 0.120. The van der Waals surface area contributed by atoms with Gasteiger partial charge in [0.2, 0.25) is 0 Å². The number of aromatic nitrogens is 2. The van der Waals surface area contributed by atoms with Crippen LogP contribution < -0.4 is 14.8 Å². The second kappa shape index (κ2) is 10.0. The first kappa shape index (κ1) is 21.5. The summed E-state index contributed by atoms with van der Waals surface area (Å²) in [6.45, 7) is 0.638. The molecule has 32 heavy (non-hydrogen) atoms. The summed E-state index contributed by atoms with van der Waals surface area (Å²) < 4.78 is 13.0. The zero-order valence-electron chi connectivity index (χ0n) is 17.5. The first-order chi connectivity index (χ1) is 15.6. The van der Waals surface area contributed by atoms with Crippen LogP contribution in [-0.4, -0.2) is 22.8 Å². The van der Waals surface area contributed by atoms with Crippen LogP contribution in [0, 0.1) is 0 Å². The molecule has 0 saturated carbocycles. The highest BCUT2D eigenvalue weighted by atomic mass is 35.5. The Labute approximate surface area is 191 Å². The van der Waals surface area contributed by atoms with Crippen LogP contribution in [0.1, 0.15) is 21.5 Å². The summed E-state index contributed by atoms with van der Waals surface area (Å²) in [7, 11) is 1.58. The van der Waals surface area contributed by atoms with Crippen molar-refractivity contribution in [3.05, 3.63) is 107 Å². The zero-order chi connectivity index (χ0) is 22.3. The number of halogens is 1. The molecular formula is C25H22ClN3O3. The topological polar surface area (TPSA) is 65.4 Å². The lowest BCUT2D eigenvalue weighted by Gasteiger charge is -2.13. The Bertz CT molecular complexity index is 1190. The van der Waals surface area contributed by atoms with E-state index in [0.717, 1.165) is 16.8 Å². The maximum absolute atomic E-state index is 12.7. The molecular weight excluding hydrogens is 426 g/mol. The fourth-order valence-electron chi connectivity index (χ4n) is 3.22. The molecule has 0 unspecified atom stereocenters. The number of hydrogen-bond acceptors (Lipinski definition) is 4. The summed E-state index contributed by atoms with van der Waals surface area (Å²) in [5.41, 5.74) is 3.23. The van der Waals surface area contributed by atoms with Gasteiger partial charge in [-0.25, -0.2) is 4.68 Å². The summed E-state index contributed by atoms with van der Waals surface area (Å²) in [4.78, 5) is 12.7. The molecule has 7 heteroatoms. The maximum Gasteiger partial charge on any atom is 0.251 e. The third-order valence-electron chi connectivity index (χ3n) is 4.92. The van der Waals surface area contributed by atoms with Crippen molar-refractivity contribution in [1.82, 2.24) is 15.1 Å². The van der Waals surface area contributed by atoms with Crippen LogP contribution in [0.25, 0.3) is 5.69 Å². The zero-order valence-corrected chi connectivity index (χ0v) is 18.3. The van der Waals surface area contributed by atoms with Crippen LogP contribution in [0.3, 0.4) is 0 Å². The molecule has 0 spiro atoms. The number of carbonyl (C=O) groups excluding carboxylic acids is 1. The van der Waals surface area contributed by atoms with Crippen LogP contribution in [0.15, 0.2) is 85.2 Å². The van der Waals surface area contributed by atoms with Crippen LogP contribution in [0.5, 0.6) is 11.5 Å². The second-order valence-corrected chi connectivity index (χ2v) is 7.45. The molecule has 162 valence electrons. The molecule has 1 N–H and O–H groups in total. The molecule has 0 fully saturated rings. The van der Waals surface area contributed by atoms with E-state index in [0.29, 0.717) is 28.6 Å². The Kier molecular flexibility index (Phi) is 6.72. The highest BCUT2D eigenvalue weighted by Gasteiger charge is 2.12. The number of carbonyl (C=O) groups is 1. The van der Waals surface area contributed by atoms with E-state index in [2.05, 4.69) is 10.4 Å². The van der Waals surface area contributed by atoms with E-state index in [4.69, 9.17) is 21.1 Å². The van der Waals surface area contributed by atoms with Crippen LogP contribution >= 0.6 is 11.6 Å². The van der Waals surface area contributed by atoms with Crippen molar-refractivity contribution in [2.24, 2.45) is 0 Å². The van der Waals surface area contributed by atoms with Crippen molar-refractivity contribution in [2.45, 2.75) is 13.2 Å². The standard InChI is InChI=1S/C25H22ClN3O3/c1-31-23-12-9-19(15-20(23)17-32-24-6-3-2-5-22(24)26)25(30)27-16-18-7-10-21(11-8-18)29-14-4-13-28-29/h2-15H,16-17H2,1H3,(H,27,30). The monoisotopic (exact) mass is 447 g/mol. The predicted octanol–water partition coefficient (Wildman–Crippen LogP) is 5.04. The molecule has 0 aliphatic carbocycles. The van der Waals surface area contributed by atoms with Gasteiger partial charge in [-0.05, 0) is 54.1 Å². The van der Waals surface area contributed by atoms with Gasteiger partial charge in [0.25, 0.3) is 5.91 Å². The summed E-state index contributed by atoms with van der Waals surface area (Å²) in [6.07, 6.45) is 3.62. The minimum Gasteiger partial charge on any atom is -0.496 e. The summed E-state index contributed by atoms with van der Waals surface area (Å²) >= 11 is 6.16. The average molecular weight is 448 g/mol. The Morgan fingerprint density at radius 3 is 2.56 bits per heavy atom. The summed E-state index contributed by atoms with van der Waals surface area (Å²) in [5, 5.41) is 7.69. The number of para-hydroxylation sites is 1. The Morgan fingerprint density at radius 2 is 1.84 bits per heavy atom. The van der Waals surface area contributed by atoms with Gasteiger partial charge in [-0.1, -0.05) is 35.9 Å². The number of ether oxygens (including phenoxy) is 2. The van der Waals surface area contributed by atoms with Gasteiger partial charge in [0.05, 0.1) is 17.8 Å². The summed E-state index contributed by atoms with van der Waals surface area (Å²) in [6, 6.07) is 22.2. The highest BCUT2D eigenvalue weighted by molar-refractivity contribution is 6.32. The van der Waals surface area contributed by atoms with Crippen LogP contribution in [0.2, 0.25) is 5.02 Å². The van der Waals surface area contributed by atoms with Gasteiger partial charge in [0.15, 0.2) is 0 Å². The van der Waals surface area contributed by atoms with Crippen molar-refractivity contribution < 1.29 is 14.3 Å². The van der Waals surface area contributed by atoms with Crippen LogP contribution in [-0.2, 0) is 13.2 Å². The Balaban J connectivity index is 1.41. The number of nitrogens with zero attached hydrogens (tertiary/aromatic N) is 2. The van der Waals surface area contributed by atoms with Gasteiger partial charge in [-0.3, -0.25) is 4.79 Å². The van der Waals surface area contributed by atoms with E-state index in [1.807, 2.05) is 48.7 Å². The first-order valence-electron chi connectivity index (χ1n) is 10.1. The minimum absolute atomic E-state index is 0.178. The van der Waals surface area contributed by atoms with E-state index in [9.17, 15) is 4.79 Å². The molecule has 1 amide bonds. The summed E-state index contributed by atoms with van der Waals surface area (Å²) in [5.74, 6) is 1.04. The number of methoxy groups -OCH3 is 1. The lowest BCUT2D eigenvalue weighted by molar-refractivity contribution is 0.0950. The molecule has 1 aromatic heterocycles. The Morgan fingerprint density at radius 1 is 1.03 bits per heavy atom. The number of nitrogens with one attached hydrogen (secondary N) is 1. The predicted molar refractivity (Wildman–Crippen MR) is 124 cm³/mol. The maximum atomic E-state index is 12.7. The molecule has 1 heterocycles. The van der Waals surface area contributed by atoms with E-state index in [-0.39, 0.29) is 12.5 Å². The van der Waals surface area contributed by atoms with Gasteiger partial charge in [-0.15, -0.1) is 0 Å². The number of benzene rings is 3. The number of hydrogen-bond donors (Lipinski definition) is 1. The second-order valence-electron chi connectivity index (χ2n) is 7.05. The molecule has 4 rings (SSSR count). The lowest BCUT2D eigenvalue weighted by Crippen LogP contribution is -2.23. The number of amides is 1. The van der Waals surface area contributed by atoms with Gasteiger partial charge >= 0.3 is 0 Å². The first-order valence-corrected chi connectivity index (χ1v) is 10.4. The van der Waals surface area contributed by atoms with E-state index >= 15 is 0 Å². The normalized spacial score (nSPS) is 10.6. The van der Waals surface area contributed by atoms with Crippen molar-refractivity contribution in [2.75, 3.05) is 7.11 Å². The molecule has 3 aromatic carbocycles. The van der Waals surface area contributed by atoms with Gasteiger partial charge in [0, 0.05) is 30.1 Å². The molecule has 6 nitrogen and oxygen atoms in total. The largest absolute Gasteiger partial charge is 0.496 e. The smallest absolute Gasteiger partial charge is 0.251 e. The molecule has 0 aliphatic heterocycles. The molecule has 4 aromatic rings. The Hall–Kier alpha value is -3.77. The van der Waals surface area contributed by atoms with E-state index in [1.54, 1.807) is 48.3 Å². The minimum atomic E-state index is -0.178. The van der Waals surface area contributed by atoms with Gasteiger partial charge in [-0.2, -0.15) is 5.10 Å².